The first-order chi connectivity index (χ1) is 11.1. The van der Waals surface area contributed by atoms with Crippen molar-refractivity contribution in [1.29, 1.82) is 0 Å². The SMILES string of the molecule is Cc1ccc(Sc2ncnc(Sc3ccc(C)cc3)c2N)cc1. The standard InChI is InChI=1S/C18H17N3S2/c1-12-3-7-14(8-4-12)22-17-16(19)18(21-11-20-17)23-15-9-5-13(2)6-10-15/h3-11H,19H2,1-2H3. The first kappa shape index (κ1) is 15.9. The minimum absolute atomic E-state index is 0.628. The number of anilines is 1. The summed E-state index contributed by atoms with van der Waals surface area (Å²) in [4.78, 5) is 10.9. The molecule has 1 aromatic heterocycles. The molecule has 116 valence electrons. The largest absolute Gasteiger partial charge is 0.394 e. The van der Waals surface area contributed by atoms with Gasteiger partial charge in [0.15, 0.2) is 0 Å². The average Bonchev–Trinajstić information content (AvgIpc) is 2.55. The van der Waals surface area contributed by atoms with Crippen LogP contribution in [0.25, 0.3) is 0 Å². The molecule has 0 fully saturated rings. The molecule has 2 N–H and O–H groups in total. The van der Waals surface area contributed by atoms with Crippen LogP contribution in [0.5, 0.6) is 0 Å². The molecule has 0 unspecified atom stereocenters. The number of nitrogens with zero attached hydrogens (tertiary/aromatic N) is 2. The van der Waals surface area contributed by atoms with Gasteiger partial charge in [-0.1, -0.05) is 58.9 Å². The Kier molecular flexibility index (Phi) is 4.88. The zero-order chi connectivity index (χ0) is 16.2. The van der Waals surface area contributed by atoms with Crippen LogP contribution in [0.4, 0.5) is 5.69 Å². The van der Waals surface area contributed by atoms with Crippen molar-refractivity contribution in [2.75, 3.05) is 5.73 Å². The molecule has 3 aromatic rings. The second-order valence-electron chi connectivity index (χ2n) is 5.23. The van der Waals surface area contributed by atoms with Crippen molar-refractivity contribution in [3.63, 3.8) is 0 Å². The van der Waals surface area contributed by atoms with Crippen LogP contribution in [0.3, 0.4) is 0 Å². The van der Waals surface area contributed by atoms with Gasteiger partial charge >= 0.3 is 0 Å². The predicted octanol–water partition coefficient (Wildman–Crippen LogP) is 4.98. The molecule has 1 heterocycles. The van der Waals surface area contributed by atoms with Crippen LogP contribution < -0.4 is 5.73 Å². The number of nitrogens with two attached hydrogens (primary N) is 1. The Morgan fingerprint density at radius 1 is 0.696 bits per heavy atom. The van der Waals surface area contributed by atoms with Crippen molar-refractivity contribution < 1.29 is 0 Å². The Labute approximate surface area is 144 Å². The molecule has 23 heavy (non-hydrogen) atoms. The molecule has 0 atom stereocenters. The summed E-state index contributed by atoms with van der Waals surface area (Å²) < 4.78 is 0. The molecule has 2 aromatic carbocycles. The summed E-state index contributed by atoms with van der Waals surface area (Å²) in [5.74, 6) is 0. The van der Waals surface area contributed by atoms with E-state index >= 15 is 0 Å². The van der Waals surface area contributed by atoms with Crippen molar-refractivity contribution >= 4 is 29.2 Å². The van der Waals surface area contributed by atoms with E-state index in [4.69, 9.17) is 5.73 Å². The molecule has 0 spiro atoms. The third kappa shape index (κ3) is 4.06. The maximum Gasteiger partial charge on any atom is 0.128 e. The number of hydrogen-bond acceptors (Lipinski definition) is 5. The zero-order valence-electron chi connectivity index (χ0n) is 13.0. The number of aromatic nitrogens is 2. The van der Waals surface area contributed by atoms with Crippen LogP contribution in [0.15, 0.2) is 74.7 Å². The van der Waals surface area contributed by atoms with Gasteiger partial charge in [-0.25, -0.2) is 9.97 Å². The lowest BCUT2D eigenvalue weighted by Gasteiger charge is -2.09. The van der Waals surface area contributed by atoms with Crippen LogP contribution in [0.1, 0.15) is 11.1 Å². The van der Waals surface area contributed by atoms with E-state index < -0.39 is 0 Å². The smallest absolute Gasteiger partial charge is 0.128 e. The maximum absolute atomic E-state index is 6.27. The Morgan fingerprint density at radius 2 is 1.09 bits per heavy atom. The van der Waals surface area contributed by atoms with Gasteiger partial charge in [0.05, 0.1) is 5.69 Å². The second-order valence-corrected chi connectivity index (χ2v) is 7.35. The molecule has 0 radical (unpaired) electrons. The topological polar surface area (TPSA) is 51.8 Å². The maximum atomic E-state index is 6.27. The van der Waals surface area contributed by atoms with E-state index in [0.29, 0.717) is 5.69 Å². The van der Waals surface area contributed by atoms with E-state index in [0.717, 1.165) is 19.8 Å². The summed E-state index contributed by atoms with van der Waals surface area (Å²) in [5, 5.41) is 1.58. The van der Waals surface area contributed by atoms with Crippen LogP contribution in [0, 0.1) is 13.8 Å². The lowest BCUT2D eigenvalue weighted by atomic mass is 10.2. The Hall–Kier alpha value is -1.98. The lowest BCUT2D eigenvalue weighted by Crippen LogP contribution is -1.97. The molecule has 0 bridgehead atoms. The van der Waals surface area contributed by atoms with Crippen LogP contribution in [0.2, 0.25) is 0 Å². The zero-order valence-corrected chi connectivity index (χ0v) is 14.6. The van der Waals surface area contributed by atoms with Gasteiger partial charge in [-0.3, -0.25) is 0 Å². The number of nitrogen functional groups attached to an aromatic ring is 1. The quantitative estimate of drug-likeness (QED) is 0.680. The summed E-state index contributed by atoms with van der Waals surface area (Å²) >= 11 is 3.12. The monoisotopic (exact) mass is 339 g/mol. The molecule has 0 saturated carbocycles. The molecular weight excluding hydrogens is 322 g/mol. The number of rotatable bonds is 4. The number of benzene rings is 2. The van der Waals surface area contributed by atoms with Crippen molar-refractivity contribution in [3.05, 3.63) is 66.0 Å². The first-order valence-corrected chi connectivity index (χ1v) is 8.84. The fourth-order valence-corrected chi connectivity index (χ4v) is 3.63. The van der Waals surface area contributed by atoms with E-state index in [9.17, 15) is 0 Å². The lowest BCUT2D eigenvalue weighted by molar-refractivity contribution is 0.975. The minimum atomic E-state index is 0.628. The van der Waals surface area contributed by atoms with E-state index in [-0.39, 0.29) is 0 Å². The van der Waals surface area contributed by atoms with E-state index in [1.165, 1.54) is 11.1 Å². The average molecular weight is 339 g/mol. The van der Waals surface area contributed by atoms with Gasteiger partial charge < -0.3 is 5.73 Å². The predicted molar refractivity (Wildman–Crippen MR) is 97.0 cm³/mol. The number of hydrogen-bond donors (Lipinski definition) is 1. The highest BCUT2D eigenvalue weighted by atomic mass is 32.2. The highest BCUT2D eigenvalue weighted by Crippen LogP contribution is 2.37. The van der Waals surface area contributed by atoms with Gasteiger partial charge in [-0.05, 0) is 38.1 Å². The van der Waals surface area contributed by atoms with Crippen molar-refractivity contribution in [2.45, 2.75) is 33.7 Å². The van der Waals surface area contributed by atoms with Gasteiger partial charge in [-0.2, -0.15) is 0 Å². The summed E-state index contributed by atoms with van der Waals surface area (Å²) in [5.41, 5.74) is 9.37. The van der Waals surface area contributed by atoms with E-state index in [1.54, 1.807) is 29.9 Å². The van der Waals surface area contributed by atoms with Crippen molar-refractivity contribution in [3.8, 4) is 0 Å². The third-order valence-corrected chi connectivity index (χ3v) is 5.33. The van der Waals surface area contributed by atoms with Gasteiger partial charge in [0, 0.05) is 9.79 Å². The van der Waals surface area contributed by atoms with Gasteiger partial charge in [0.1, 0.15) is 16.4 Å². The molecule has 0 aliphatic heterocycles. The molecule has 0 aliphatic carbocycles. The highest BCUT2D eigenvalue weighted by molar-refractivity contribution is 8.00. The summed E-state index contributed by atoms with van der Waals surface area (Å²) in [6.45, 7) is 4.15. The van der Waals surface area contributed by atoms with E-state index in [1.807, 2.05) is 0 Å². The Balaban J connectivity index is 1.83. The molecule has 0 saturated heterocycles. The van der Waals surface area contributed by atoms with Crippen LogP contribution in [-0.4, -0.2) is 9.97 Å². The molecule has 0 amide bonds. The molecule has 0 aliphatic rings. The Bertz CT molecular complexity index is 734. The number of aryl methyl sites for hydroxylation is 2. The van der Waals surface area contributed by atoms with E-state index in [2.05, 4.69) is 72.3 Å². The first-order valence-electron chi connectivity index (χ1n) is 7.21. The van der Waals surface area contributed by atoms with Gasteiger partial charge in [-0.15, -0.1) is 0 Å². The van der Waals surface area contributed by atoms with Crippen LogP contribution in [-0.2, 0) is 0 Å². The van der Waals surface area contributed by atoms with Gasteiger partial charge in [0.25, 0.3) is 0 Å². The normalized spacial score (nSPS) is 10.7. The molecular formula is C18H17N3S2. The fourth-order valence-electron chi connectivity index (χ4n) is 1.96. The third-order valence-electron chi connectivity index (χ3n) is 3.28. The highest BCUT2D eigenvalue weighted by Gasteiger charge is 2.11. The minimum Gasteiger partial charge on any atom is -0.394 e. The summed E-state index contributed by atoms with van der Waals surface area (Å²) in [6.07, 6.45) is 1.57. The molecule has 3 nitrogen and oxygen atoms in total. The van der Waals surface area contributed by atoms with Gasteiger partial charge in [0.2, 0.25) is 0 Å². The molecule has 3 rings (SSSR count). The van der Waals surface area contributed by atoms with Crippen LogP contribution >= 0.6 is 23.5 Å². The fraction of sp³-hybridized carbons (Fsp3) is 0.111. The second kappa shape index (κ2) is 7.06. The summed E-state index contributed by atoms with van der Waals surface area (Å²) in [7, 11) is 0. The molecule has 5 heteroatoms. The Morgan fingerprint density at radius 3 is 1.48 bits per heavy atom. The van der Waals surface area contributed by atoms with Crippen molar-refractivity contribution in [2.24, 2.45) is 0 Å². The van der Waals surface area contributed by atoms with Crippen molar-refractivity contribution in [1.82, 2.24) is 9.97 Å². The summed E-state index contributed by atoms with van der Waals surface area (Å²) in [6, 6.07) is 16.7.